The minimum Gasteiger partial charge on any atom is -0.288 e. The van der Waals surface area contributed by atoms with E-state index in [0.29, 0.717) is 29.9 Å². The molecule has 124 valence electrons. The second kappa shape index (κ2) is 6.67. The molecular formula is C19H21FN4. The summed E-state index contributed by atoms with van der Waals surface area (Å²) >= 11 is 0. The largest absolute Gasteiger partial charge is 0.288 e. The molecule has 1 aliphatic carbocycles. The number of hydrogen-bond acceptors (Lipinski definition) is 4. The van der Waals surface area contributed by atoms with Crippen LogP contribution in [0, 0.1) is 11.7 Å². The number of rotatable bonds is 3. The maximum Gasteiger partial charge on any atom is 0.175 e. The molecule has 1 aliphatic heterocycles. The minimum atomic E-state index is -0.165. The number of benzene rings is 1. The molecule has 1 fully saturated rings. The number of aromatic nitrogens is 2. The third-order valence-corrected chi connectivity index (χ3v) is 5.03. The van der Waals surface area contributed by atoms with Gasteiger partial charge in [0.05, 0.1) is 12.6 Å². The molecule has 2 atom stereocenters. The zero-order valence-corrected chi connectivity index (χ0v) is 13.6. The van der Waals surface area contributed by atoms with E-state index in [4.69, 9.17) is 5.10 Å². The van der Waals surface area contributed by atoms with Crippen molar-refractivity contribution in [2.45, 2.75) is 44.7 Å². The van der Waals surface area contributed by atoms with Gasteiger partial charge in [-0.2, -0.15) is 5.10 Å². The Hall–Kier alpha value is -2.30. The van der Waals surface area contributed by atoms with Crippen LogP contribution in [0.4, 0.5) is 4.39 Å². The lowest BCUT2D eigenvalue weighted by Gasteiger charge is -2.26. The van der Waals surface area contributed by atoms with E-state index in [0.717, 1.165) is 18.6 Å². The molecule has 5 heteroatoms. The van der Waals surface area contributed by atoms with Crippen LogP contribution in [0.1, 0.15) is 43.5 Å². The van der Waals surface area contributed by atoms with E-state index >= 15 is 0 Å². The zero-order chi connectivity index (χ0) is 16.4. The number of fused-ring (bicyclic) bond motifs is 1. The third-order valence-electron chi connectivity index (χ3n) is 5.03. The van der Waals surface area contributed by atoms with E-state index in [9.17, 15) is 4.39 Å². The van der Waals surface area contributed by atoms with Gasteiger partial charge in [-0.05, 0) is 25.0 Å². The molecule has 0 bridgehead atoms. The van der Waals surface area contributed by atoms with Crippen molar-refractivity contribution in [3.8, 4) is 0 Å². The monoisotopic (exact) mass is 324 g/mol. The van der Waals surface area contributed by atoms with Crippen molar-refractivity contribution in [1.29, 1.82) is 0 Å². The Labute approximate surface area is 141 Å². The van der Waals surface area contributed by atoms with E-state index in [-0.39, 0.29) is 5.82 Å². The Morgan fingerprint density at radius 2 is 1.79 bits per heavy atom. The van der Waals surface area contributed by atoms with Gasteiger partial charge in [0.25, 0.3) is 0 Å². The summed E-state index contributed by atoms with van der Waals surface area (Å²) in [6, 6.07) is 9.11. The fraction of sp³-hybridized carbons (Fsp3) is 0.421. The summed E-state index contributed by atoms with van der Waals surface area (Å²) < 4.78 is 14.1. The molecule has 2 heterocycles. The summed E-state index contributed by atoms with van der Waals surface area (Å²) in [5.74, 6) is 0.898. The highest BCUT2D eigenvalue weighted by molar-refractivity contribution is 6.00. The van der Waals surface area contributed by atoms with Gasteiger partial charge in [-0.25, -0.2) is 14.4 Å². The molecule has 2 aliphatic rings. The Morgan fingerprint density at radius 3 is 2.62 bits per heavy atom. The lowest BCUT2D eigenvalue weighted by molar-refractivity contribution is 0.181. The minimum absolute atomic E-state index is 0.165. The quantitative estimate of drug-likeness (QED) is 0.862. The molecule has 1 aromatic heterocycles. The fourth-order valence-corrected chi connectivity index (χ4v) is 3.85. The first-order valence-corrected chi connectivity index (χ1v) is 8.69. The molecular weight excluding hydrogens is 303 g/mol. The molecule has 0 saturated heterocycles. The summed E-state index contributed by atoms with van der Waals surface area (Å²) in [5, 5.41) is 6.91. The van der Waals surface area contributed by atoms with Crippen LogP contribution < -0.4 is 0 Å². The van der Waals surface area contributed by atoms with Crippen molar-refractivity contribution in [2.24, 2.45) is 11.0 Å². The van der Waals surface area contributed by atoms with Crippen molar-refractivity contribution in [3.63, 3.8) is 0 Å². The molecule has 0 amide bonds. The van der Waals surface area contributed by atoms with Gasteiger partial charge in [-0.3, -0.25) is 5.01 Å². The van der Waals surface area contributed by atoms with Crippen molar-refractivity contribution in [1.82, 2.24) is 15.0 Å². The van der Waals surface area contributed by atoms with Gasteiger partial charge in [0.1, 0.15) is 11.5 Å². The van der Waals surface area contributed by atoms with Crippen LogP contribution >= 0.6 is 0 Å². The van der Waals surface area contributed by atoms with Crippen molar-refractivity contribution in [3.05, 3.63) is 59.9 Å². The number of nitrogens with zero attached hydrogens (tertiary/aromatic N) is 4. The molecule has 0 spiro atoms. The number of hydrazone groups is 1. The third kappa shape index (κ3) is 2.90. The van der Waals surface area contributed by atoms with Gasteiger partial charge in [0, 0.05) is 23.9 Å². The Bertz CT molecular complexity index is 731. The molecule has 1 saturated carbocycles. The lowest BCUT2D eigenvalue weighted by Crippen LogP contribution is -2.33. The lowest BCUT2D eigenvalue weighted by atomic mass is 9.90. The maximum atomic E-state index is 14.1. The summed E-state index contributed by atoms with van der Waals surface area (Å²) in [4.78, 5) is 8.80. The van der Waals surface area contributed by atoms with Gasteiger partial charge in [0.15, 0.2) is 5.82 Å². The van der Waals surface area contributed by atoms with E-state index in [1.807, 2.05) is 18.2 Å². The molecule has 4 nitrogen and oxygen atoms in total. The van der Waals surface area contributed by atoms with Crippen molar-refractivity contribution in [2.75, 3.05) is 0 Å². The van der Waals surface area contributed by atoms with E-state index in [2.05, 4.69) is 15.0 Å². The summed E-state index contributed by atoms with van der Waals surface area (Å²) in [6.07, 6.45) is 9.39. The average molecular weight is 324 g/mol. The van der Waals surface area contributed by atoms with Crippen molar-refractivity contribution >= 4 is 5.71 Å². The van der Waals surface area contributed by atoms with E-state index < -0.39 is 0 Å². The first kappa shape index (κ1) is 15.2. The number of halogens is 1. The fourth-order valence-electron chi connectivity index (χ4n) is 3.85. The van der Waals surface area contributed by atoms with Crippen LogP contribution in [0.3, 0.4) is 0 Å². The molecule has 4 rings (SSSR count). The van der Waals surface area contributed by atoms with Gasteiger partial charge in [0.2, 0.25) is 0 Å². The topological polar surface area (TPSA) is 41.4 Å². The molecule has 0 N–H and O–H groups in total. The van der Waals surface area contributed by atoms with E-state index in [1.165, 1.54) is 25.3 Å². The summed E-state index contributed by atoms with van der Waals surface area (Å²) in [7, 11) is 0. The normalized spacial score (nSPS) is 23.5. The highest BCUT2D eigenvalue weighted by Gasteiger charge is 2.39. The van der Waals surface area contributed by atoms with Crippen molar-refractivity contribution < 1.29 is 4.39 Å². The first-order chi connectivity index (χ1) is 11.8. The molecule has 2 aromatic rings. The Balaban J connectivity index is 1.67. The van der Waals surface area contributed by atoms with Crippen LogP contribution in [0.2, 0.25) is 0 Å². The van der Waals surface area contributed by atoms with Gasteiger partial charge < -0.3 is 0 Å². The van der Waals surface area contributed by atoms with Gasteiger partial charge in [-0.15, -0.1) is 0 Å². The highest BCUT2D eigenvalue weighted by atomic mass is 19.1. The van der Waals surface area contributed by atoms with Crippen LogP contribution in [0.5, 0.6) is 0 Å². The Kier molecular flexibility index (Phi) is 4.24. The second-order valence-electron chi connectivity index (χ2n) is 6.56. The standard InChI is InChI=1S/C19H21FN4/c20-16-9-5-4-7-14(16)13-24-17-10-3-1-2-8-15(17)18(23-24)19-21-11-6-12-22-19/h4-7,9,11-12,15,17H,1-3,8,10,13H2. The van der Waals surface area contributed by atoms with Gasteiger partial charge in [-0.1, -0.05) is 37.5 Å². The zero-order valence-electron chi connectivity index (χ0n) is 13.6. The predicted molar refractivity (Wildman–Crippen MR) is 90.9 cm³/mol. The maximum absolute atomic E-state index is 14.1. The predicted octanol–water partition coefficient (Wildman–Crippen LogP) is 3.78. The van der Waals surface area contributed by atoms with Crippen LogP contribution in [-0.2, 0) is 6.54 Å². The van der Waals surface area contributed by atoms with Crippen LogP contribution in [0.15, 0.2) is 47.8 Å². The molecule has 24 heavy (non-hydrogen) atoms. The smallest absolute Gasteiger partial charge is 0.175 e. The summed E-state index contributed by atoms with van der Waals surface area (Å²) in [6.45, 7) is 0.504. The Morgan fingerprint density at radius 1 is 1.00 bits per heavy atom. The number of hydrogen-bond donors (Lipinski definition) is 0. The van der Waals surface area contributed by atoms with Crippen LogP contribution in [-0.4, -0.2) is 26.7 Å². The SMILES string of the molecule is Fc1ccccc1CN1N=C(c2ncccn2)C2CCCCCC21. The highest BCUT2D eigenvalue weighted by Crippen LogP contribution is 2.35. The second-order valence-corrected chi connectivity index (χ2v) is 6.56. The van der Waals surface area contributed by atoms with Gasteiger partial charge >= 0.3 is 0 Å². The average Bonchev–Trinajstić information content (AvgIpc) is 2.79. The van der Waals surface area contributed by atoms with E-state index in [1.54, 1.807) is 18.5 Å². The molecule has 2 unspecified atom stereocenters. The van der Waals surface area contributed by atoms with Crippen LogP contribution in [0.25, 0.3) is 0 Å². The molecule has 0 radical (unpaired) electrons. The summed E-state index contributed by atoms with van der Waals surface area (Å²) in [5.41, 5.74) is 1.67. The first-order valence-electron chi connectivity index (χ1n) is 8.69. The molecule has 1 aromatic carbocycles.